The number of halogens is 1. The van der Waals surface area contributed by atoms with Crippen LogP contribution in [0.2, 0.25) is 4.47 Å². The van der Waals surface area contributed by atoms with Crippen molar-refractivity contribution in [3.05, 3.63) is 10.2 Å². The van der Waals surface area contributed by atoms with E-state index in [0.29, 0.717) is 0 Å². The minimum absolute atomic E-state index is 0.0627. The summed E-state index contributed by atoms with van der Waals surface area (Å²) in [7, 11) is 0. The van der Waals surface area contributed by atoms with E-state index in [2.05, 4.69) is 10.3 Å². The Balaban J connectivity index is 3.05. The van der Waals surface area contributed by atoms with Gasteiger partial charge in [-0.05, 0) is 0 Å². The van der Waals surface area contributed by atoms with E-state index < -0.39 is 12.0 Å². The molecule has 0 fully saturated rings. The molecule has 0 aliphatic heterocycles. The molecule has 4 N–H and O–H groups in total. The molecule has 0 aliphatic carbocycles. The Labute approximate surface area is 94.1 Å². The minimum Gasteiger partial charge on any atom is -0.480 e. The molecule has 1 aromatic rings. The first kappa shape index (κ1) is 11.9. The quantitative estimate of drug-likeness (QED) is 0.736. The predicted molar refractivity (Wildman–Crippen MR) is 56.0 cm³/mol. The molecule has 0 saturated heterocycles. The van der Waals surface area contributed by atoms with Crippen molar-refractivity contribution in [2.24, 2.45) is 5.73 Å². The zero-order valence-electron chi connectivity index (χ0n) is 7.65. The van der Waals surface area contributed by atoms with Crippen molar-refractivity contribution in [3.63, 3.8) is 0 Å². The van der Waals surface area contributed by atoms with E-state index in [1.807, 2.05) is 0 Å². The second kappa shape index (κ2) is 4.56. The third kappa shape index (κ3) is 2.88. The van der Waals surface area contributed by atoms with E-state index in [1.54, 1.807) is 0 Å². The monoisotopic (exact) mass is 249 g/mol. The number of aromatic nitrogens is 1. The molecule has 1 atom stereocenters. The standard InChI is InChI=1S/C7H8ClN3O3S/c1-2(12)10-5-4(3(9)6(13)14)11-7(8)15-5/h3H,9H2,1H3,(H,10,12)(H,13,14)/t3-/m0/s1. The van der Waals surface area contributed by atoms with Crippen LogP contribution in [0.3, 0.4) is 0 Å². The van der Waals surface area contributed by atoms with Gasteiger partial charge < -0.3 is 16.2 Å². The Kier molecular flexibility index (Phi) is 3.61. The number of carbonyl (C=O) groups excluding carboxylic acids is 1. The van der Waals surface area contributed by atoms with Crippen LogP contribution in [0.25, 0.3) is 0 Å². The lowest BCUT2D eigenvalue weighted by Gasteiger charge is -2.05. The van der Waals surface area contributed by atoms with Gasteiger partial charge >= 0.3 is 5.97 Å². The van der Waals surface area contributed by atoms with Crippen molar-refractivity contribution in [3.8, 4) is 0 Å². The van der Waals surface area contributed by atoms with Crippen LogP contribution in [-0.4, -0.2) is 22.0 Å². The minimum atomic E-state index is -1.30. The van der Waals surface area contributed by atoms with Crippen LogP contribution >= 0.6 is 22.9 Å². The topological polar surface area (TPSA) is 105 Å². The summed E-state index contributed by atoms with van der Waals surface area (Å²) in [5.41, 5.74) is 5.43. The molecule has 0 aliphatic rings. The highest BCUT2D eigenvalue weighted by molar-refractivity contribution is 7.19. The smallest absolute Gasteiger partial charge is 0.326 e. The highest BCUT2D eigenvalue weighted by Crippen LogP contribution is 2.31. The number of aliphatic carboxylic acids is 1. The molecule has 0 unspecified atom stereocenters. The zero-order valence-corrected chi connectivity index (χ0v) is 9.22. The summed E-state index contributed by atoms with van der Waals surface area (Å²) >= 11 is 6.57. The van der Waals surface area contributed by atoms with E-state index in [4.69, 9.17) is 22.4 Å². The second-order valence-electron chi connectivity index (χ2n) is 2.68. The SMILES string of the molecule is CC(=O)Nc1sc(Cl)nc1[C@H](N)C(=O)O. The van der Waals surface area contributed by atoms with Gasteiger partial charge in [0.05, 0.1) is 0 Å². The number of nitrogens with zero attached hydrogens (tertiary/aromatic N) is 1. The van der Waals surface area contributed by atoms with Gasteiger partial charge in [-0.25, -0.2) is 4.98 Å². The molecule has 1 aromatic heterocycles. The summed E-state index contributed by atoms with van der Waals surface area (Å²) in [4.78, 5) is 25.2. The normalized spacial score (nSPS) is 12.2. The largest absolute Gasteiger partial charge is 0.480 e. The molecule has 0 spiro atoms. The average Bonchev–Trinajstić information content (AvgIpc) is 2.44. The van der Waals surface area contributed by atoms with Gasteiger partial charge in [0.1, 0.15) is 16.7 Å². The van der Waals surface area contributed by atoms with E-state index in [0.717, 1.165) is 11.3 Å². The molecule has 0 aromatic carbocycles. The number of hydrogen-bond acceptors (Lipinski definition) is 5. The summed E-state index contributed by atoms with van der Waals surface area (Å²) in [6, 6.07) is -1.30. The number of carboxylic acid groups (broad SMARTS) is 1. The molecule has 0 bridgehead atoms. The Hall–Kier alpha value is -1.18. The van der Waals surface area contributed by atoms with Gasteiger partial charge in [0.25, 0.3) is 0 Å². The fraction of sp³-hybridized carbons (Fsp3) is 0.286. The third-order valence-electron chi connectivity index (χ3n) is 1.48. The summed E-state index contributed by atoms with van der Waals surface area (Å²) in [5, 5.41) is 11.4. The highest BCUT2D eigenvalue weighted by atomic mass is 35.5. The first-order valence-electron chi connectivity index (χ1n) is 3.84. The highest BCUT2D eigenvalue weighted by Gasteiger charge is 2.23. The van der Waals surface area contributed by atoms with Gasteiger partial charge in [-0.3, -0.25) is 9.59 Å². The van der Waals surface area contributed by atoms with Crippen LogP contribution in [0.5, 0.6) is 0 Å². The molecule has 8 heteroatoms. The predicted octanol–water partition coefficient (Wildman–Crippen LogP) is 0.839. The molecule has 82 valence electrons. The lowest BCUT2D eigenvalue weighted by molar-refractivity contribution is -0.138. The maximum atomic E-state index is 10.8. The zero-order chi connectivity index (χ0) is 11.6. The van der Waals surface area contributed by atoms with Crippen molar-refractivity contribution in [2.75, 3.05) is 5.32 Å². The molecule has 1 amide bonds. The van der Waals surface area contributed by atoms with Crippen LogP contribution in [0.15, 0.2) is 0 Å². The number of nitrogens with two attached hydrogens (primary N) is 1. The summed E-state index contributed by atoms with van der Waals surface area (Å²) in [6.07, 6.45) is 0. The summed E-state index contributed by atoms with van der Waals surface area (Å²) in [6.45, 7) is 1.30. The van der Waals surface area contributed by atoms with Gasteiger partial charge in [-0.1, -0.05) is 22.9 Å². The van der Waals surface area contributed by atoms with Crippen LogP contribution in [0.1, 0.15) is 18.7 Å². The summed E-state index contributed by atoms with van der Waals surface area (Å²) in [5.74, 6) is -1.57. The van der Waals surface area contributed by atoms with Gasteiger partial charge in [-0.2, -0.15) is 0 Å². The van der Waals surface area contributed by atoms with Crippen molar-refractivity contribution < 1.29 is 14.7 Å². The number of amides is 1. The molecule has 0 radical (unpaired) electrons. The van der Waals surface area contributed by atoms with Crippen molar-refractivity contribution in [2.45, 2.75) is 13.0 Å². The maximum absolute atomic E-state index is 10.8. The number of carbonyl (C=O) groups is 2. The van der Waals surface area contributed by atoms with Gasteiger partial charge in [0, 0.05) is 6.92 Å². The number of carboxylic acids is 1. The molecule has 1 rings (SSSR count). The lowest BCUT2D eigenvalue weighted by Crippen LogP contribution is -2.22. The molecular weight excluding hydrogens is 242 g/mol. The maximum Gasteiger partial charge on any atom is 0.326 e. The Morgan fingerprint density at radius 3 is 2.73 bits per heavy atom. The number of hydrogen-bond donors (Lipinski definition) is 3. The Bertz CT molecular complexity index is 406. The van der Waals surface area contributed by atoms with E-state index >= 15 is 0 Å². The number of rotatable bonds is 3. The van der Waals surface area contributed by atoms with Crippen molar-refractivity contribution in [1.29, 1.82) is 0 Å². The second-order valence-corrected chi connectivity index (χ2v) is 4.26. The average molecular weight is 250 g/mol. The fourth-order valence-corrected chi connectivity index (χ4v) is 1.99. The molecule has 15 heavy (non-hydrogen) atoms. The first-order valence-corrected chi connectivity index (χ1v) is 5.03. The molecular formula is C7H8ClN3O3S. The van der Waals surface area contributed by atoms with Crippen LogP contribution < -0.4 is 11.1 Å². The number of thiazole rings is 1. The van der Waals surface area contributed by atoms with E-state index in [-0.39, 0.29) is 21.1 Å². The van der Waals surface area contributed by atoms with Crippen LogP contribution in [0, 0.1) is 0 Å². The third-order valence-corrected chi connectivity index (χ3v) is 2.57. The van der Waals surface area contributed by atoms with Crippen molar-refractivity contribution >= 4 is 39.8 Å². The van der Waals surface area contributed by atoms with Gasteiger partial charge in [0.15, 0.2) is 4.47 Å². The van der Waals surface area contributed by atoms with Gasteiger partial charge in [0.2, 0.25) is 5.91 Å². The molecule has 0 saturated carbocycles. The lowest BCUT2D eigenvalue weighted by atomic mass is 10.2. The summed E-state index contributed by atoms with van der Waals surface area (Å²) < 4.78 is 0.130. The molecule has 1 heterocycles. The van der Waals surface area contributed by atoms with Crippen LogP contribution in [0.4, 0.5) is 5.00 Å². The first-order chi connectivity index (χ1) is 6.91. The number of anilines is 1. The van der Waals surface area contributed by atoms with E-state index in [9.17, 15) is 9.59 Å². The van der Waals surface area contributed by atoms with Gasteiger partial charge in [-0.15, -0.1) is 0 Å². The number of nitrogens with one attached hydrogen (secondary N) is 1. The Morgan fingerprint density at radius 1 is 1.67 bits per heavy atom. The Morgan fingerprint density at radius 2 is 2.27 bits per heavy atom. The van der Waals surface area contributed by atoms with E-state index in [1.165, 1.54) is 6.92 Å². The fourth-order valence-electron chi connectivity index (χ4n) is 0.882. The molecule has 6 nitrogen and oxygen atoms in total. The van der Waals surface area contributed by atoms with Crippen molar-refractivity contribution in [1.82, 2.24) is 4.98 Å². The van der Waals surface area contributed by atoms with Crippen LogP contribution in [-0.2, 0) is 9.59 Å².